The van der Waals surface area contributed by atoms with Crippen molar-refractivity contribution in [1.29, 1.82) is 0 Å². The molecule has 2 aromatic rings. The van der Waals surface area contributed by atoms with E-state index in [0.29, 0.717) is 6.61 Å². The Morgan fingerprint density at radius 1 is 1.35 bits per heavy atom. The molecule has 0 atom stereocenters. The Labute approximate surface area is 109 Å². The molecule has 0 spiro atoms. The molecule has 0 saturated carbocycles. The van der Waals surface area contributed by atoms with Gasteiger partial charge in [0.2, 0.25) is 0 Å². The van der Waals surface area contributed by atoms with Gasteiger partial charge in [-0.05, 0) is 31.2 Å². The Hall–Kier alpha value is -1.13. The van der Waals surface area contributed by atoms with Gasteiger partial charge in [0.25, 0.3) is 0 Å². The van der Waals surface area contributed by atoms with Crippen LogP contribution in [-0.2, 0) is 11.3 Å². The van der Waals surface area contributed by atoms with Crippen LogP contribution in [0.4, 0.5) is 5.69 Å². The molecule has 0 fully saturated rings. The third-order valence-corrected chi connectivity index (χ3v) is 2.98. The third-order valence-electron chi connectivity index (χ3n) is 2.48. The summed E-state index contributed by atoms with van der Waals surface area (Å²) in [6.45, 7) is 3.50. The van der Waals surface area contributed by atoms with Crippen molar-refractivity contribution in [2.24, 2.45) is 0 Å². The first-order valence-corrected chi connectivity index (χ1v) is 6.36. The van der Waals surface area contributed by atoms with Gasteiger partial charge in [0, 0.05) is 29.2 Å². The van der Waals surface area contributed by atoms with Crippen molar-refractivity contribution < 1.29 is 4.74 Å². The second kappa shape index (κ2) is 5.47. The molecule has 17 heavy (non-hydrogen) atoms. The Morgan fingerprint density at radius 2 is 2.18 bits per heavy atom. The molecule has 0 aliphatic rings. The first-order valence-electron chi connectivity index (χ1n) is 5.56. The summed E-state index contributed by atoms with van der Waals surface area (Å²) in [5, 5.41) is 4.49. The van der Waals surface area contributed by atoms with E-state index >= 15 is 0 Å². The van der Waals surface area contributed by atoms with Crippen molar-refractivity contribution in [2.75, 3.05) is 19.0 Å². The Kier molecular flexibility index (Phi) is 3.97. The van der Waals surface area contributed by atoms with Crippen molar-refractivity contribution in [1.82, 2.24) is 4.98 Å². The van der Waals surface area contributed by atoms with E-state index in [-0.39, 0.29) is 0 Å². The zero-order valence-electron chi connectivity index (χ0n) is 9.96. The number of nitrogens with zero attached hydrogens (tertiary/aromatic N) is 1. The molecule has 0 saturated heterocycles. The van der Waals surface area contributed by atoms with Gasteiger partial charge in [0.05, 0.1) is 17.8 Å². The number of nitrogens with one attached hydrogen (secondary N) is 1. The van der Waals surface area contributed by atoms with Crippen LogP contribution in [0.15, 0.2) is 28.7 Å². The van der Waals surface area contributed by atoms with Crippen LogP contribution in [0.25, 0.3) is 10.9 Å². The number of methoxy groups -OCH3 is 1. The fraction of sp³-hybridized carbons (Fsp3) is 0.308. The summed E-state index contributed by atoms with van der Waals surface area (Å²) in [5.41, 5.74) is 3.03. The van der Waals surface area contributed by atoms with Gasteiger partial charge in [-0.25, -0.2) is 0 Å². The van der Waals surface area contributed by atoms with Gasteiger partial charge in [0.1, 0.15) is 0 Å². The lowest BCUT2D eigenvalue weighted by molar-refractivity contribution is 0.182. The highest BCUT2D eigenvalue weighted by molar-refractivity contribution is 9.10. The molecule has 1 aromatic heterocycles. The highest BCUT2D eigenvalue weighted by Gasteiger charge is 2.05. The quantitative estimate of drug-likeness (QED) is 0.936. The normalized spacial score (nSPS) is 10.8. The number of halogens is 1. The average molecular weight is 295 g/mol. The van der Waals surface area contributed by atoms with Gasteiger partial charge in [-0.1, -0.05) is 15.9 Å². The summed E-state index contributed by atoms with van der Waals surface area (Å²) < 4.78 is 6.19. The molecule has 0 unspecified atom stereocenters. The standard InChI is InChI=1S/C13H15BrN2O/c1-3-15-13-7-10(8-17-2)16-12-5-4-9(14)6-11(12)13/h4-7H,3,8H2,1-2H3,(H,15,16). The van der Waals surface area contributed by atoms with Crippen LogP contribution in [-0.4, -0.2) is 18.6 Å². The second-order valence-corrected chi connectivity index (χ2v) is 4.70. The minimum atomic E-state index is 0.532. The fourth-order valence-electron chi connectivity index (χ4n) is 1.81. The summed E-state index contributed by atoms with van der Waals surface area (Å²) >= 11 is 3.49. The SMILES string of the molecule is CCNc1cc(COC)nc2ccc(Br)cc12. The Morgan fingerprint density at radius 3 is 2.88 bits per heavy atom. The Balaban J connectivity index is 2.58. The monoisotopic (exact) mass is 294 g/mol. The van der Waals surface area contributed by atoms with Crippen molar-refractivity contribution in [2.45, 2.75) is 13.5 Å². The molecule has 2 rings (SSSR count). The van der Waals surface area contributed by atoms with Crippen LogP contribution in [0.1, 0.15) is 12.6 Å². The Bertz CT molecular complexity index is 528. The van der Waals surface area contributed by atoms with Crippen LogP contribution in [0.2, 0.25) is 0 Å². The number of fused-ring (bicyclic) bond motifs is 1. The summed E-state index contributed by atoms with van der Waals surface area (Å²) in [6, 6.07) is 8.14. The van der Waals surface area contributed by atoms with E-state index < -0.39 is 0 Å². The summed E-state index contributed by atoms with van der Waals surface area (Å²) in [4.78, 5) is 4.56. The van der Waals surface area contributed by atoms with Gasteiger partial charge in [-0.3, -0.25) is 4.98 Å². The van der Waals surface area contributed by atoms with E-state index in [2.05, 4.69) is 39.2 Å². The van der Waals surface area contributed by atoms with Crippen LogP contribution >= 0.6 is 15.9 Å². The number of benzene rings is 1. The maximum absolute atomic E-state index is 5.13. The zero-order chi connectivity index (χ0) is 12.3. The van der Waals surface area contributed by atoms with Crippen molar-refractivity contribution in [3.05, 3.63) is 34.4 Å². The molecule has 0 aliphatic heterocycles. The summed E-state index contributed by atoms with van der Waals surface area (Å²) in [5.74, 6) is 0. The van der Waals surface area contributed by atoms with Crippen LogP contribution < -0.4 is 5.32 Å². The number of hydrogen-bond acceptors (Lipinski definition) is 3. The van der Waals surface area contributed by atoms with Gasteiger partial charge in [-0.15, -0.1) is 0 Å². The van der Waals surface area contributed by atoms with Gasteiger partial charge in [0.15, 0.2) is 0 Å². The number of hydrogen-bond donors (Lipinski definition) is 1. The predicted octanol–water partition coefficient (Wildman–Crippen LogP) is 3.58. The van der Waals surface area contributed by atoms with E-state index in [1.807, 2.05) is 18.2 Å². The molecule has 4 heteroatoms. The average Bonchev–Trinajstić information content (AvgIpc) is 2.31. The van der Waals surface area contributed by atoms with Crippen LogP contribution in [0.5, 0.6) is 0 Å². The lowest BCUT2D eigenvalue weighted by Crippen LogP contribution is -2.01. The predicted molar refractivity (Wildman–Crippen MR) is 74.3 cm³/mol. The van der Waals surface area contributed by atoms with Gasteiger partial charge < -0.3 is 10.1 Å². The molecule has 0 aliphatic carbocycles. The number of pyridine rings is 1. The topological polar surface area (TPSA) is 34.1 Å². The first-order chi connectivity index (χ1) is 8.24. The molecule has 0 bridgehead atoms. The number of anilines is 1. The molecule has 1 N–H and O–H groups in total. The molecule has 3 nitrogen and oxygen atoms in total. The molecular formula is C13H15BrN2O. The number of aromatic nitrogens is 1. The summed E-state index contributed by atoms with van der Waals surface area (Å²) in [6.07, 6.45) is 0. The first kappa shape index (κ1) is 12.3. The molecule has 1 aromatic carbocycles. The van der Waals surface area contributed by atoms with Crippen LogP contribution in [0.3, 0.4) is 0 Å². The fourth-order valence-corrected chi connectivity index (χ4v) is 2.17. The van der Waals surface area contributed by atoms with E-state index in [1.165, 1.54) is 0 Å². The van der Waals surface area contributed by atoms with Crippen molar-refractivity contribution in [3.8, 4) is 0 Å². The molecule has 90 valence electrons. The van der Waals surface area contributed by atoms with E-state index in [9.17, 15) is 0 Å². The second-order valence-electron chi connectivity index (χ2n) is 3.79. The highest BCUT2D eigenvalue weighted by atomic mass is 79.9. The lowest BCUT2D eigenvalue weighted by Gasteiger charge is -2.10. The maximum atomic E-state index is 5.13. The van der Waals surface area contributed by atoms with Gasteiger partial charge in [-0.2, -0.15) is 0 Å². The molecule has 1 heterocycles. The largest absolute Gasteiger partial charge is 0.385 e. The minimum absolute atomic E-state index is 0.532. The molecular weight excluding hydrogens is 280 g/mol. The molecule has 0 radical (unpaired) electrons. The van der Waals surface area contributed by atoms with E-state index in [1.54, 1.807) is 7.11 Å². The maximum Gasteiger partial charge on any atom is 0.0885 e. The zero-order valence-corrected chi connectivity index (χ0v) is 11.5. The smallest absolute Gasteiger partial charge is 0.0885 e. The number of ether oxygens (including phenoxy) is 1. The van der Waals surface area contributed by atoms with Crippen LogP contribution in [0, 0.1) is 0 Å². The lowest BCUT2D eigenvalue weighted by atomic mass is 10.1. The molecule has 0 amide bonds. The van der Waals surface area contributed by atoms with E-state index in [4.69, 9.17) is 4.74 Å². The summed E-state index contributed by atoms with van der Waals surface area (Å²) in [7, 11) is 1.68. The van der Waals surface area contributed by atoms with E-state index in [0.717, 1.165) is 33.3 Å². The van der Waals surface area contributed by atoms with Crippen molar-refractivity contribution in [3.63, 3.8) is 0 Å². The highest BCUT2D eigenvalue weighted by Crippen LogP contribution is 2.26. The van der Waals surface area contributed by atoms with Gasteiger partial charge >= 0.3 is 0 Å². The minimum Gasteiger partial charge on any atom is -0.385 e. The number of rotatable bonds is 4. The van der Waals surface area contributed by atoms with Crippen molar-refractivity contribution >= 4 is 32.5 Å². The third kappa shape index (κ3) is 2.76.